The zero-order valence-corrected chi connectivity index (χ0v) is 8.92. The van der Waals surface area contributed by atoms with E-state index in [2.05, 4.69) is 11.0 Å². The largest absolute Gasteiger partial charge is 0.427 e. The normalized spacial score (nSPS) is 9.33. The zero-order valence-electron chi connectivity index (χ0n) is 5.99. The second kappa shape index (κ2) is 15.9. The molecule has 0 aliphatic heterocycles. The van der Waals surface area contributed by atoms with Crippen molar-refractivity contribution in [1.29, 1.82) is 0 Å². The van der Waals surface area contributed by atoms with Crippen LogP contribution >= 0.6 is 23.2 Å². The van der Waals surface area contributed by atoms with Crippen LogP contribution in [-0.4, -0.2) is 28.6 Å². The van der Waals surface area contributed by atoms with E-state index in [1.54, 1.807) is 7.11 Å². The van der Waals surface area contributed by atoms with Crippen LogP contribution in [-0.2, 0) is 4.43 Å². The minimum Gasteiger partial charge on any atom is -0.427 e. The predicted octanol–water partition coefficient (Wildman–Crippen LogP) is 1.62. The molecule has 0 spiro atoms. The summed E-state index contributed by atoms with van der Waals surface area (Å²) in [5, 5.41) is 0. The van der Waals surface area contributed by atoms with Gasteiger partial charge in [-0.05, 0) is 6.42 Å². The lowest BCUT2D eigenvalue weighted by molar-refractivity contribution is 0.446. The van der Waals surface area contributed by atoms with Crippen molar-refractivity contribution in [3.05, 3.63) is 0 Å². The molecule has 0 atom stereocenters. The summed E-state index contributed by atoms with van der Waals surface area (Å²) in [6.07, 6.45) is 0.920. The Morgan fingerprint density at radius 2 is 1.67 bits per heavy atom. The van der Waals surface area contributed by atoms with E-state index in [9.17, 15) is 0 Å². The van der Waals surface area contributed by atoms with Gasteiger partial charge in [0.15, 0.2) is 9.76 Å². The molecule has 0 saturated heterocycles. The maximum Gasteiger partial charge on any atom is 0.157 e. The summed E-state index contributed by atoms with van der Waals surface area (Å²) in [5.41, 5.74) is 0. The van der Waals surface area contributed by atoms with Crippen molar-refractivity contribution in [2.24, 2.45) is 0 Å². The molecule has 0 aromatic heterocycles. The van der Waals surface area contributed by atoms with E-state index in [1.165, 1.54) is 0 Å². The third-order valence-corrected chi connectivity index (χ3v) is 1.67. The van der Waals surface area contributed by atoms with E-state index in [-0.39, 0.29) is 9.76 Å². The second-order valence-electron chi connectivity index (χ2n) is 1.31. The minimum absolute atomic E-state index is 0.0756. The van der Waals surface area contributed by atoms with Crippen LogP contribution in [0.4, 0.5) is 0 Å². The standard InChI is InChI=1S/C3H6Cl2.C2H8OSi/c4-2-1-3-5;1-3-4-2/h1-3H2;4H2,1-2H3. The molecule has 0 fully saturated rings. The van der Waals surface area contributed by atoms with Crippen LogP contribution in [0.3, 0.4) is 0 Å². The molecule has 0 bridgehead atoms. The molecule has 0 saturated carbocycles. The first-order valence-corrected chi connectivity index (χ1v) is 6.00. The lowest BCUT2D eigenvalue weighted by atomic mass is 10.6. The van der Waals surface area contributed by atoms with Crippen LogP contribution in [0.15, 0.2) is 0 Å². The molecule has 4 heteroatoms. The summed E-state index contributed by atoms with van der Waals surface area (Å²) >= 11 is 10.4. The summed E-state index contributed by atoms with van der Waals surface area (Å²) < 4.78 is 4.68. The summed E-state index contributed by atoms with van der Waals surface area (Å²) in [7, 11) is 1.67. The van der Waals surface area contributed by atoms with Gasteiger partial charge in [-0.3, -0.25) is 0 Å². The highest BCUT2D eigenvalue weighted by Crippen LogP contribution is 1.84. The van der Waals surface area contributed by atoms with E-state index < -0.39 is 0 Å². The monoisotopic (exact) mass is 188 g/mol. The first-order valence-electron chi connectivity index (χ1n) is 2.94. The smallest absolute Gasteiger partial charge is 0.157 e. The Hall–Kier alpha value is 0.757. The van der Waals surface area contributed by atoms with Crippen LogP contribution in [0.5, 0.6) is 0 Å². The molecule has 0 aliphatic carbocycles. The van der Waals surface area contributed by atoms with Crippen molar-refractivity contribution in [3.8, 4) is 0 Å². The van der Waals surface area contributed by atoms with E-state index in [0.29, 0.717) is 11.8 Å². The van der Waals surface area contributed by atoms with Crippen LogP contribution in [0.2, 0.25) is 6.55 Å². The van der Waals surface area contributed by atoms with Crippen LogP contribution < -0.4 is 0 Å². The average molecular weight is 189 g/mol. The number of hydrogen-bond donors (Lipinski definition) is 0. The van der Waals surface area contributed by atoms with Gasteiger partial charge in [0.2, 0.25) is 0 Å². The summed E-state index contributed by atoms with van der Waals surface area (Å²) in [6.45, 7) is 2.10. The van der Waals surface area contributed by atoms with Crippen molar-refractivity contribution >= 4 is 33.0 Å². The average Bonchev–Trinajstić information content (AvgIpc) is 1.91. The van der Waals surface area contributed by atoms with Crippen molar-refractivity contribution in [3.63, 3.8) is 0 Å². The van der Waals surface area contributed by atoms with Gasteiger partial charge in [-0.25, -0.2) is 0 Å². The van der Waals surface area contributed by atoms with E-state index >= 15 is 0 Å². The zero-order chi connectivity index (χ0) is 7.54. The maximum atomic E-state index is 5.22. The Kier molecular flexibility index (Phi) is 22.0. The summed E-state index contributed by atoms with van der Waals surface area (Å²) in [5.74, 6) is 1.37. The first kappa shape index (κ1) is 12.4. The van der Waals surface area contributed by atoms with Gasteiger partial charge in [0, 0.05) is 18.9 Å². The van der Waals surface area contributed by atoms with Crippen molar-refractivity contribution < 1.29 is 4.43 Å². The van der Waals surface area contributed by atoms with E-state index in [1.807, 2.05) is 0 Å². The SMILES string of the molecule is CO[SiH2]C.ClCCCCl. The quantitative estimate of drug-likeness (QED) is 0.484. The molecule has 1 nitrogen and oxygen atoms in total. The molecule has 0 aromatic carbocycles. The van der Waals surface area contributed by atoms with E-state index in [4.69, 9.17) is 23.2 Å². The van der Waals surface area contributed by atoms with Gasteiger partial charge in [0.25, 0.3) is 0 Å². The summed E-state index contributed by atoms with van der Waals surface area (Å²) in [4.78, 5) is 0. The van der Waals surface area contributed by atoms with Gasteiger partial charge in [0.05, 0.1) is 0 Å². The van der Waals surface area contributed by atoms with Crippen molar-refractivity contribution in [2.45, 2.75) is 13.0 Å². The Morgan fingerprint density at radius 1 is 1.33 bits per heavy atom. The van der Waals surface area contributed by atoms with Gasteiger partial charge in [-0.2, -0.15) is 0 Å². The number of hydrogen-bond acceptors (Lipinski definition) is 1. The highest BCUT2D eigenvalue weighted by Gasteiger charge is 1.72. The maximum absolute atomic E-state index is 5.22. The van der Waals surface area contributed by atoms with Crippen LogP contribution in [0.25, 0.3) is 0 Å². The van der Waals surface area contributed by atoms with Gasteiger partial charge < -0.3 is 4.43 Å². The topological polar surface area (TPSA) is 9.23 Å². The Balaban J connectivity index is 0. The molecule has 0 amide bonds. The Bertz CT molecular complexity index is 34.1. The molecule has 0 rings (SSSR count). The number of halogens is 2. The Morgan fingerprint density at radius 3 is 1.67 bits per heavy atom. The molecule has 0 unspecified atom stereocenters. The lowest BCUT2D eigenvalue weighted by Crippen LogP contribution is -1.79. The molecule has 0 radical (unpaired) electrons. The molecular formula is C5H14Cl2OSi. The number of alkyl halides is 2. The third-order valence-electron chi connectivity index (χ3n) is 0.556. The molecule has 0 N–H and O–H groups in total. The minimum atomic E-state index is -0.0756. The first-order chi connectivity index (χ1) is 4.33. The van der Waals surface area contributed by atoms with Gasteiger partial charge in [-0.15, -0.1) is 23.2 Å². The Labute approximate surface area is 69.6 Å². The predicted molar refractivity (Wildman–Crippen MR) is 47.5 cm³/mol. The van der Waals surface area contributed by atoms with Gasteiger partial charge >= 0.3 is 0 Å². The molecular weight excluding hydrogens is 175 g/mol. The van der Waals surface area contributed by atoms with E-state index in [0.717, 1.165) is 6.42 Å². The molecule has 58 valence electrons. The number of rotatable bonds is 3. The van der Waals surface area contributed by atoms with Gasteiger partial charge in [-0.1, -0.05) is 6.55 Å². The van der Waals surface area contributed by atoms with Crippen LogP contribution in [0, 0.1) is 0 Å². The highest BCUT2D eigenvalue weighted by atomic mass is 35.5. The molecule has 0 aromatic rings. The molecule has 0 aliphatic rings. The van der Waals surface area contributed by atoms with Gasteiger partial charge in [0.1, 0.15) is 0 Å². The third kappa shape index (κ3) is 28.3. The highest BCUT2D eigenvalue weighted by molar-refractivity contribution is 6.24. The molecule has 9 heavy (non-hydrogen) atoms. The van der Waals surface area contributed by atoms with Crippen LogP contribution in [0.1, 0.15) is 6.42 Å². The fourth-order valence-corrected chi connectivity index (χ4v) is 0.455. The second-order valence-corrected chi connectivity index (χ2v) is 3.22. The fourth-order valence-electron chi connectivity index (χ4n) is 0.0505. The van der Waals surface area contributed by atoms with Crippen molar-refractivity contribution in [2.75, 3.05) is 18.9 Å². The fraction of sp³-hybridized carbons (Fsp3) is 1.00. The molecule has 0 heterocycles. The summed E-state index contributed by atoms with van der Waals surface area (Å²) in [6, 6.07) is 0. The lowest BCUT2D eigenvalue weighted by Gasteiger charge is -1.75. The van der Waals surface area contributed by atoms with Crippen molar-refractivity contribution in [1.82, 2.24) is 0 Å².